The quantitative estimate of drug-likeness (QED) is 0.800. The van der Waals surface area contributed by atoms with E-state index in [0.29, 0.717) is 12.6 Å². The Balaban J connectivity index is 1.65. The maximum Gasteiger partial charge on any atom is 0.234 e. The number of hydrogen-bond donors (Lipinski definition) is 1. The minimum absolute atomic E-state index is 0.162. The maximum absolute atomic E-state index is 12.9. The molecule has 1 atom stereocenters. The molecule has 5 nitrogen and oxygen atoms in total. The van der Waals surface area contributed by atoms with Crippen LogP contribution in [0.2, 0.25) is 0 Å². The SMILES string of the molecule is CCC(C)N1CCC(Cc2ccccn2)(NC(=O)CN2CCCCC2)CC1. The fourth-order valence-electron chi connectivity index (χ4n) is 4.50. The first-order chi connectivity index (χ1) is 13.1. The van der Waals surface area contributed by atoms with Crippen molar-refractivity contribution in [3.05, 3.63) is 30.1 Å². The molecule has 0 aromatic carbocycles. The number of rotatable bonds is 7. The van der Waals surface area contributed by atoms with Crippen LogP contribution in [0.5, 0.6) is 0 Å². The van der Waals surface area contributed by atoms with Crippen LogP contribution in [0.15, 0.2) is 24.4 Å². The van der Waals surface area contributed by atoms with Crippen molar-refractivity contribution >= 4 is 5.91 Å². The second-order valence-corrected chi connectivity index (χ2v) is 8.46. The Kier molecular flexibility index (Phi) is 7.25. The minimum atomic E-state index is -0.162. The van der Waals surface area contributed by atoms with E-state index in [1.807, 2.05) is 18.3 Å². The first-order valence-corrected chi connectivity index (χ1v) is 10.8. The van der Waals surface area contributed by atoms with Gasteiger partial charge in [-0.1, -0.05) is 19.4 Å². The van der Waals surface area contributed by atoms with Crippen LogP contribution in [0.1, 0.15) is 58.1 Å². The number of nitrogens with one attached hydrogen (secondary N) is 1. The van der Waals surface area contributed by atoms with Crippen LogP contribution < -0.4 is 5.32 Å². The summed E-state index contributed by atoms with van der Waals surface area (Å²) < 4.78 is 0. The van der Waals surface area contributed by atoms with E-state index in [0.717, 1.165) is 51.1 Å². The Labute approximate surface area is 164 Å². The molecule has 5 heteroatoms. The summed E-state index contributed by atoms with van der Waals surface area (Å²) in [6.07, 6.45) is 9.59. The number of amides is 1. The number of carbonyl (C=O) groups excluding carboxylic acids is 1. The third kappa shape index (κ3) is 5.76. The molecule has 1 N–H and O–H groups in total. The van der Waals surface area contributed by atoms with Crippen LogP contribution >= 0.6 is 0 Å². The highest BCUT2D eigenvalue weighted by molar-refractivity contribution is 5.79. The zero-order valence-corrected chi connectivity index (χ0v) is 17.1. The number of carbonyl (C=O) groups is 1. The van der Waals surface area contributed by atoms with Gasteiger partial charge in [-0.05, 0) is 64.3 Å². The van der Waals surface area contributed by atoms with E-state index in [1.165, 1.54) is 25.7 Å². The van der Waals surface area contributed by atoms with E-state index in [-0.39, 0.29) is 11.4 Å². The van der Waals surface area contributed by atoms with E-state index in [9.17, 15) is 4.79 Å². The van der Waals surface area contributed by atoms with Gasteiger partial charge in [0.05, 0.1) is 6.54 Å². The highest BCUT2D eigenvalue weighted by Crippen LogP contribution is 2.28. The van der Waals surface area contributed by atoms with E-state index in [1.54, 1.807) is 0 Å². The largest absolute Gasteiger partial charge is 0.349 e. The van der Waals surface area contributed by atoms with E-state index >= 15 is 0 Å². The normalized spacial score (nSPS) is 22.3. The van der Waals surface area contributed by atoms with Crippen LogP contribution in [0.3, 0.4) is 0 Å². The van der Waals surface area contributed by atoms with Gasteiger partial charge in [0, 0.05) is 43.0 Å². The Morgan fingerprint density at radius 3 is 2.56 bits per heavy atom. The smallest absolute Gasteiger partial charge is 0.234 e. The van der Waals surface area contributed by atoms with Gasteiger partial charge >= 0.3 is 0 Å². The van der Waals surface area contributed by atoms with Gasteiger partial charge in [0.2, 0.25) is 5.91 Å². The number of nitrogens with zero attached hydrogens (tertiary/aromatic N) is 3. The minimum Gasteiger partial charge on any atom is -0.349 e. The predicted octanol–water partition coefficient (Wildman–Crippen LogP) is 2.86. The molecule has 0 saturated carbocycles. The Hall–Kier alpha value is -1.46. The van der Waals surface area contributed by atoms with Gasteiger partial charge in [0.25, 0.3) is 0 Å². The van der Waals surface area contributed by atoms with E-state index in [2.05, 4.69) is 40.0 Å². The molecule has 1 aromatic rings. The lowest BCUT2D eigenvalue weighted by Crippen LogP contribution is -2.59. The lowest BCUT2D eigenvalue weighted by molar-refractivity contribution is -0.125. The molecule has 2 aliphatic rings. The predicted molar refractivity (Wildman–Crippen MR) is 110 cm³/mol. The molecule has 0 aliphatic carbocycles. The van der Waals surface area contributed by atoms with Gasteiger partial charge < -0.3 is 10.2 Å². The highest BCUT2D eigenvalue weighted by atomic mass is 16.2. The number of pyridine rings is 1. The van der Waals surface area contributed by atoms with Crippen LogP contribution in [0.4, 0.5) is 0 Å². The van der Waals surface area contributed by atoms with Crippen molar-refractivity contribution in [3.8, 4) is 0 Å². The molecule has 2 aliphatic heterocycles. The summed E-state index contributed by atoms with van der Waals surface area (Å²) in [7, 11) is 0. The number of aromatic nitrogens is 1. The second kappa shape index (κ2) is 9.65. The third-order valence-electron chi connectivity index (χ3n) is 6.44. The average molecular weight is 373 g/mol. The molecule has 1 unspecified atom stereocenters. The van der Waals surface area contributed by atoms with Crippen molar-refractivity contribution in [2.45, 2.75) is 70.4 Å². The molecule has 2 fully saturated rings. The molecule has 1 amide bonds. The Morgan fingerprint density at radius 1 is 1.19 bits per heavy atom. The molecule has 1 aromatic heterocycles. The average Bonchev–Trinajstić information content (AvgIpc) is 2.69. The van der Waals surface area contributed by atoms with Crippen LogP contribution in [-0.4, -0.2) is 65.0 Å². The fourth-order valence-corrected chi connectivity index (χ4v) is 4.50. The summed E-state index contributed by atoms with van der Waals surface area (Å²) in [5.41, 5.74) is 0.915. The first kappa shape index (κ1) is 20.3. The summed E-state index contributed by atoms with van der Waals surface area (Å²) in [5.74, 6) is 0.185. The van der Waals surface area contributed by atoms with Gasteiger partial charge in [-0.2, -0.15) is 0 Å². The lowest BCUT2D eigenvalue weighted by atomic mass is 9.82. The third-order valence-corrected chi connectivity index (χ3v) is 6.44. The van der Waals surface area contributed by atoms with E-state index in [4.69, 9.17) is 0 Å². The van der Waals surface area contributed by atoms with Crippen LogP contribution in [-0.2, 0) is 11.2 Å². The lowest BCUT2D eigenvalue weighted by Gasteiger charge is -2.44. The molecule has 27 heavy (non-hydrogen) atoms. The topological polar surface area (TPSA) is 48.5 Å². The van der Waals surface area contributed by atoms with Crippen LogP contribution in [0.25, 0.3) is 0 Å². The standard InChI is InChI=1S/C22H36N4O/c1-3-19(2)26-15-10-22(11-16-26,17-20-9-5-6-12-23-20)24-21(27)18-25-13-7-4-8-14-25/h5-6,9,12,19H,3-4,7-8,10-11,13-18H2,1-2H3,(H,24,27). The molecule has 0 spiro atoms. The highest BCUT2D eigenvalue weighted by Gasteiger charge is 2.37. The van der Waals surface area contributed by atoms with Gasteiger partial charge in [0.1, 0.15) is 0 Å². The second-order valence-electron chi connectivity index (χ2n) is 8.46. The van der Waals surface area contributed by atoms with Crippen molar-refractivity contribution in [1.29, 1.82) is 0 Å². The van der Waals surface area contributed by atoms with Crippen LogP contribution in [0, 0.1) is 0 Å². The summed E-state index contributed by atoms with van der Waals surface area (Å²) in [5, 5.41) is 3.46. The molecule has 3 heterocycles. The summed E-state index contributed by atoms with van der Waals surface area (Å²) >= 11 is 0. The zero-order valence-electron chi connectivity index (χ0n) is 17.1. The van der Waals surface area contributed by atoms with Crippen molar-refractivity contribution in [3.63, 3.8) is 0 Å². The molecule has 150 valence electrons. The van der Waals surface area contributed by atoms with Crippen molar-refractivity contribution in [2.24, 2.45) is 0 Å². The molecular weight excluding hydrogens is 336 g/mol. The number of piperidine rings is 2. The van der Waals surface area contributed by atoms with Crippen molar-refractivity contribution < 1.29 is 4.79 Å². The molecule has 2 saturated heterocycles. The van der Waals surface area contributed by atoms with Gasteiger partial charge in [-0.3, -0.25) is 14.7 Å². The summed E-state index contributed by atoms with van der Waals surface area (Å²) in [4.78, 5) is 22.3. The van der Waals surface area contributed by atoms with Crippen molar-refractivity contribution in [2.75, 3.05) is 32.7 Å². The van der Waals surface area contributed by atoms with Gasteiger partial charge in [-0.25, -0.2) is 0 Å². The first-order valence-electron chi connectivity index (χ1n) is 10.8. The van der Waals surface area contributed by atoms with Crippen molar-refractivity contribution in [1.82, 2.24) is 20.1 Å². The molecule has 0 radical (unpaired) electrons. The molecular formula is C22H36N4O. The maximum atomic E-state index is 12.9. The fraction of sp³-hybridized carbons (Fsp3) is 0.727. The Morgan fingerprint density at radius 2 is 1.93 bits per heavy atom. The Bertz CT molecular complexity index is 577. The molecule has 3 rings (SSSR count). The number of hydrogen-bond acceptors (Lipinski definition) is 4. The number of likely N-dealkylation sites (tertiary alicyclic amines) is 2. The van der Waals surface area contributed by atoms with Gasteiger partial charge in [-0.15, -0.1) is 0 Å². The monoisotopic (exact) mass is 372 g/mol. The summed E-state index contributed by atoms with van der Waals surface area (Å²) in [6, 6.07) is 6.69. The zero-order chi connectivity index (χ0) is 19.1. The van der Waals surface area contributed by atoms with Gasteiger partial charge in [0.15, 0.2) is 0 Å². The van der Waals surface area contributed by atoms with E-state index < -0.39 is 0 Å². The summed E-state index contributed by atoms with van der Waals surface area (Å²) in [6.45, 7) is 9.31. The molecule has 0 bridgehead atoms.